The molecular formula is C15H20FN3O. The van der Waals surface area contributed by atoms with Crippen LogP contribution in [0.2, 0.25) is 0 Å². The fraction of sp³-hybridized carbons (Fsp3) is 0.400. The number of hydrogen-bond acceptors (Lipinski definition) is 3. The van der Waals surface area contributed by atoms with Gasteiger partial charge in [-0.15, -0.1) is 0 Å². The zero-order valence-electron chi connectivity index (χ0n) is 12.1. The quantitative estimate of drug-likeness (QED) is 0.878. The van der Waals surface area contributed by atoms with Crippen molar-refractivity contribution in [3.63, 3.8) is 0 Å². The van der Waals surface area contributed by atoms with Gasteiger partial charge in [0.1, 0.15) is 0 Å². The lowest BCUT2D eigenvalue weighted by Gasteiger charge is -2.17. The van der Waals surface area contributed by atoms with Crippen LogP contribution in [-0.4, -0.2) is 16.3 Å². The highest BCUT2D eigenvalue weighted by molar-refractivity contribution is 5.40. The number of nitrogens with one attached hydrogen (secondary N) is 1. The van der Waals surface area contributed by atoms with Crippen LogP contribution in [0.25, 0.3) is 0 Å². The topological polar surface area (TPSA) is 39.1 Å². The predicted molar refractivity (Wildman–Crippen MR) is 76.5 cm³/mol. The lowest BCUT2D eigenvalue weighted by atomic mass is 10.1. The van der Waals surface area contributed by atoms with Crippen LogP contribution in [0.5, 0.6) is 11.5 Å². The number of aryl methyl sites for hydroxylation is 1. The first kappa shape index (κ1) is 14.5. The average molecular weight is 277 g/mol. The second-order valence-corrected chi connectivity index (χ2v) is 4.57. The average Bonchev–Trinajstić information content (AvgIpc) is 2.89. The summed E-state index contributed by atoms with van der Waals surface area (Å²) in [4.78, 5) is 0. The van der Waals surface area contributed by atoms with Crippen LogP contribution in [0.1, 0.15) is 32.4 Å². The maximum absolute atomic E-state index is 14.0. The third kappa shape index (κ3) is 3.17. The zero-order valence-corrected chi connectivity index (χ0v) is 12.1. The third-order valence-corrected chi connectivity index (χ3v) is 3.13. The van der Waals surface area contributed by atoms with Crippen molar-refractivity contribution in [1.82, 2.24) is 15.1 Å². The van der Waals surface area contributed by atoms with Crippen molar-refractivity contribution in [2.45, 2.75) is 33.4 Å². The maximum Gasteiger partial charge on any atom is 0.167 e. The van der Waals surface area contributed by atoms with E-state index >= 15 is 0 Å². The molecule has 0 amide bonds. The minimum Gasteiger partial charge on any atom is -0.451 e. The Bertz CT molecular complexity index is 568. The van der Waals surface area contributed by atoms with Crippen LogP contribution in [0.4, 0.5) is 4.39 Å². The lowest BCUT2D eigenvalue weighted by Crippen LogP contribution is -2.18. The van der Waals surface area contributed by atoms with Gasteiger partial charge in [0, 0.05) is 18.2 Å². The van der Waals surface area contributed by atoms with Crippen molar-refractivity contribution in [2.75, 3.05) is 6.54 Å². The molecule has 20 heavy (non-hydrogen) atoms. The summed E-state index contributed by atoms with van der Waals surface area (Å²) in [5.74, 6) is 0.440. The summed E-state index contributed by atoms with van der Waals surface area (Å²) >= 11 is 0. The Labute approximate surface area is 118 Å². The number of halogens is 1. The molecule has 2 aromatic rings. The molecule has 108 valence electrons. The normalized spacial score (nSPS) is 12.4. The molecule has 0 bridgehead atoms. The molecule has 0 saturated heterocycles. The Morgan fingerprint density at radius 1 is 1.40 bits per heavy atom. The molecule has 0 aliphatic carbocycles. The second kappa shape index (κ2) is 6.52. The summed E-state index contributed by atoms with van der Waals surface area (Å²) in [5.41, 5.74) is 0.802. The first-order valence-corrected chi connectivity index (χ1v) is 6.87. The van der Waals surface area contributed by atoms with E-state index < -0.39 is 0 Å². The Balaban J connectivity index is 2.29. The molecule has 0 spiro atoms. The van der Waals surface area contributed by atoms with Crippen LogP contribution >= 0.6 is 0 Å². The Morgan fingerprint density at radius 2 is 2.20 bits per heavy atom. The summed E-state index contributed by atoms with van der Waals surface area (Å²) in [6, 6.07) is 4.99. The van der Waals surface area contributed by atoms with Gasteiger partial charge in [0.15, 0.2) is 17.3 Å². The fourth-order valence-corrected chi connectivity index (χ4v) is 2.08. The van der Waals surface area contributed by atoms with Crippen LogP contribution in [-0.2, 0) is 6.54 Å². The minimum atomic E-state index is -0.364. The van der Waals surface area contributed by atoms with Gasteiger partial charge in [0.25, 0.3) is 0 Å². The Morgan fingerprint density at radius 3 is 2.85 bits per heavy atom. The van der Waals surface area contributed by atoms with Crippen LogP contribution in [0.3, 0.4) is 0 Å². The van der Waals surface area contributed by atoms with Gasteiger partial charge in [-0.25, -0.2) is 4.39 Å². The molecule has 0 fully saturated rings. The van der Waals surface area contributed by atoms with E-state index in [1.54, 1.807) is 23.1 Å². The monoisotopic (exact) mass is 277 g/mol. The van der Waals surface area contributed by atoms with E-state index in [4.69, 9.17) is 4.74 Å². The van der Waals surface area contributed by atoms with Crippen molar-refractivity contribution >= 4 is 0 Å². The predicted octanol–water partition coefficient (Wildman–Crippen LogP) is 3.50. The highest BCUT2D eigenvalue weighted by Gasteiger charge is 2.16. The van der Waals surface area contributed by atoms with Crippen molar-refractivity contribution < 1.29 is 9.13 Å². The number of para-hydroxylation sites is 1. The molecule has 1 aromatic heterocycles. The molecule has 0 aliphatic heterocycles. The molecule has 0 saturated carbocycles. The number of rotatable bonds is 6. The van der Waals surface area contributed by atoms with Crippen molar-refractivity contribution in [1.29, 1.82) is 0 Å². The number of benzene rings is 1. The first-order chi connectivity index (χ1) is 9.65. The molecule has 0 radical (unpaired) electrons. The molecule has 1 aromatic carbocycles. The Kier molecular flexibility index (Phi) is 4.74. The summed E-state index contributed by atoms with van der Waals surface area (Å²) in [7, 11) is 0. The number of ether oxygens (including phenoxy) is 1. The van der Waals surface area contributed by atoms with E-state index in [1.807, 2.05) is 26.8 Å². The lowest BCUT2D eigenvalue weighted by molar-refractivity contribution is 0.425. The van der Waals surface area contributed by atoms with E-state index in [1.165, 1.54) is 6.07 Å². The van der Waals surface area contributed by atoms with Gasteiger partial charge in [-0.05, 0) is 26.5 Å². The van der Waals surface area contributed by atoms with E-state index in [-0.39, 0.29) is 17.6 Å². The minimum absolute atomic E-state index is 0.0203. The van der Waals surface area contributed by atoms with Crippen LogP contribution < -0.4 is 10.1 Å². The third-order valence-electron chi connectivity index (χ3n) is 3.13. The maximum atomic E-state index is 14.0. The van der Waals surface area contributed by atoms with E-state index in [9.17, 15) is 4.39 Å². The van der Waals surface area contributed by atoms with Gasteiger partial charge in [-0.3, -0.25) is 4.68 Å². The molecule has 1 unspecified atom stereocenters. The number of nitrogens with zero attached hydrogens (tertiary/aromatic N) is 2. The zero-order chi connectivity index (χ0) is 14.5. The highest BCUT2D eigenvalue weighted by atomic mass is 19.1. The van der Waals surface area contributed by atoms with Gasteiger partial charge < -0.3 is 10.1 Å². The smallest absolute Gasteiger partial charge is 0.167 e. The second-order valence-electron chi connectivity index (χ2n) is 4.57. The van der Waals surface area contributed by atoms with Crippen molar-refractivity contribution in [3.05, 3.63) is 42.0 Å². The van der Waals surface area contributed by atoms with E-state index in [0.29, 0.717) is 5.75 Å². The van der Waals surface area contributed by atoms with Crippen molar-refractivity contribution in [2.24, 2.45) is 0 Å². The fourth-order valence-electron chi connectivity index (χ4n) is 2.08. The summed E-state index contributed by atoms with van der Waals surface area (Å²) in [6.45, 7) is 7.55. The molecule has 5 heteroatoms. The number of aromatic nitrogens is 2. The standard InChI is InChI=1S/C15H20FN3O/c1-4-17-11(3)13-7-6-8-14(16)15(13)20-12-9-18-19(5-2)10-12/h6-11,17H,4-5H2,1-3H3. The largest absolute Gasteiger partial charge is 0.451 e. The number of hydrogen-bond donors (Lipinski definition) is 1. The van der Waals surface area contributed by atoms with Crippen LogP contribution in [0.15, 0.2) is 30.6 Å². The molecule has 1 N–H and O–H groups in total. The van der Waals surface area contributed by atoms with Gasteiger partial charge in [-0.1, -0.05) is 19.1 Å². The van der Waals surface area contributed by atoms with E-state index in [2.05, 4.69) is 10.4 Å². The SMILES string of the molecule is CCNC(C)c1cccc(F)c1Oc1cnn(CC)c1. The summed E-state index contributed by atoms with van der Waals surface area (Å²) in [5, 5.41) is 7.39. The van der Waals surface area contributed by atoms with E-state index in [0.717, 1.165) is 18.7 Å². The molecule has 1 heterocycles. The van der Waals surface area contributed by atoms with Gasteiger partial charge in [0.2, 0.25) is 0 Å². The van der Waals surface area contributed by atoms with Crippen LogP contribution in [0, 0.1) is 5.82 Å². The Hall–Kier alpha value is -1.88. The summed E-state index contributed by atoms with van der Waals surface area (Å²) in [6.07, 6.45) is 3.35. The molecule has 0 aliphatic rings. The molecule has 1 atom stereocenters. The van der Waals surface area contributed by atoms with Gasteiger partial charge >= 0.3 is 0 Å². The summed E-state index contributed by atoms with van der Waals surface area (Å²) < 4.78 is 21.5. The molecule has 2 rings (SSSR count). The van der Waals surface area contributed by atoms with Gasteiger partial charge in [0.05, 0.1) is 12.4 Å². The highest BCUT2D eigenvalue weighted by Crippen LogP contribution is 2.32. The first-order valence-electron chi connectivity index (χ1n) is 6.87. The molecular weight excluding hydrogens is 257 g/mol. The molecule has 4 nitrogen and oxygen atoms in total. The van der Waals surface area contributed by atoms with Crippen molar-refractivity contribution in [3.8, 4) is 11.5 Å². The van der Waals surface area contributed by atoms with Gasteiger partial charge in [-0.2, -0.15) is 5.10 Å².